The number of thiazole rings is 1. The molecule has 0 spiro atoms. The van der Waals surface area contributed by atoms with Crippen LogP contribution in [0, 0.1) is 0 Å². The molecule has 0 bridgehead atoms. The molecule has 7 heteroatoms. The van der Waals surface area contributed by atoms with Crippen LogP contribution in [-0.4, -0.2) is 10.1 Å². The highest BCUT2D eigenvalue weighted by molar-refractivity contribution is 7.15. The third-order valence-corrected chi connectivity index (χ3v) is 6.38. The van der Waals surface area contributed by atoms with Gasteiger partial charge in [0.1, 0.15) is 5.01 Å². The first-order valence-corrected chi connectivity index (χ1v) is 10.6. The van der Waals surface area contributed by atoms with Crippen LogP contribution < -0.4 is 0 Å². The zero-order valence-electron chi connectivity index (χ0n) is 15.1. The summed E-state index contributed by atoms with van der Waals surface area (Å²) in [6, 6.07) is 15.2. The van der Waals surface area contributed by atoms with Crippen LogP contribution in [0.1, 0.15) is 21.7 Å². The zero-order valence-corrected chi connectivity index (χ0v) is 16.7. The van der Waals surface area contributed by atoms with Crippen molar-refractivity contribution in [2.45, 2.75) is 19.2 Å². The van der Waals surface area contributed by atoms with Crippen molar-refractivity contribution < 1.29 is 18.3 Å². The molecule has 0 amide bonds. The van der Waals surface area contributed by atoms with Crippen molar-refractivity contribution in [3.05, 3.63) is 87.1 Å². The number of aliphatic hydroxyl groups excluding tert-OH is 1. The van der Waals surface area contributed by atoms with Gasteiger partial charge in [-0.3, -0.25) is 0 Å². The second-order valence-electron chi connectivity index (χ2n) is 6.51. The van der Waals surface area contributed by atoms with Crippen LogP contribution in [0.2, 0.25) is 0 Å². The minimum Gasteiger partial charge on any atom is -0.391 e. The number of thiophene rings is 1. The Morgan fingerprint density at radius 2 is 1.55 bits per heavy atom. The molecule has 4 rings (SSSR count). The minimum atomic E-state index is -4.36. The molecule has 0 fully saturated rings. The van der Waals surface area contributed by atoms with Gasteiger partial charge < -0.3 is 5.11 Å². The van der Waals surface area contributed by atoms with E-state index in [0.29, 0.717) is 17.0 Å². The minimum absolute atomic E-state index is 0.152. The second-order valence-corrected chi connectivity index (χ2v) is 8.37. The van der Waals surface area contributed by atoms with E-state index in [0.717, 1.165) is 33.8 Å². The Kier molecular flexibility index (Phi) is 5.54. The van der Waals surface area contributed by atoms with Crippen LogP contribution >= 0.6 is 22.7 Å². The Morgan fingerprint density at radius 3 is 2.14 bits per heavy atom. The number of aliphatic hydroxyl groups is 1. The lowest BCUT2D eigenvalue weighted by Crippen LogP contribution is -2.03. The molecule has 0 atom stereocenters. The third-order valence-electron chi connectivity index (χ3n) is 4.56. The lowest BCUT2D eigenvalue weighted by atomic mass is 10.0. The largest absolute Gasteiger partial charge is 0.416 e. The number of alkyl halides is 3. The van der Waals surface area contributed by atoms with Crippen molar-refractivity contribution in [3.63, 3.8) is 0 Å². The summed E-state index contributed by atoms with van der Waals surface area (Å²) in [4.78, 5) is 5.31. The van der Waals surface area contributed by atoms with Gasteiger partial charge in [0, 0.05) is 12.0 Å². The van der Waals surface area contributed by atoms with E-state index in [2.05, 4.69) is 28.6 Å². The highest BCUT2D eigenvalue weighted by Gasteiger charge is 2.30. The molecule has 0 saturated heterocycles. The predicted molar refractivity (Wildman–Crippen MR) is 111 cm³/mol. The van der Waals surface area contributed by atoms with E-state index in [1.807, 2.05) is 17.5 Å². The molecule has 0 aliphatic carbocycles. The summed E-state index contributed by atoms with van der Waals surface area (Å²) < 4.78 is 38.3. The monoisotopic (exact) mass is 431 g/mol. The standard InChI is InChI=1S/C22H16F3NOS2/c23-22(24,25)18-7-5-16(6-8-18)21-26-19(20(12-27)29-21)11-14-1-3-15(4-2-14)17-9-10-28-13-17/h1-10,13,27H,11-12H2. The fourth-order valence-electron chi connectivity index (χ4n) is 3.01. The molecule has 4 aromatic rings. The van der Waals surface area contributed by atoms with E-state index in [9.17, 15) is 18.3 Å². The molecule has 2 aromatic carbocycles. The van der Waals surface area contributed by atoms with Gasteiger partial charge in [0.05, 0.1) is 22.7 Å². The van der Waals surface area contributed by atoms with Gasteiger partial charge in [-0.05, 0) is 45.6 Å². The van der Waals surface area contributed by atoms with Gasteiger partial charge in [0.15, 0.2) is 0 Å². The fraction of sp³-hybridized carbons (Fsp3) is 0.136. The molecule has 2 nitrogen and oxygen atoms in total. The molecule has 0 aliphatic heterocycles. The zero-order chi connectivity index (χ0) is 20.4. The summed E-state index contributed by atoms with van der Waals surface area (Å²) in [5.41, 5.74) is 4.04. The molecule has 0 radical (unpaired) electrons. The maximum absolute atomic E-state index is 12.8. The van der Waals surface area contributed by atoms with Crippen molar-refractivity contribution in [2.24, 2.45) is 0 Å². The lowest BCUT2D eigenvalue weighted by Gasteiger charge is -2.06. The molecule has 0 aliphatic rings. The maximum Gasteiger partial charge on any atom is 0.416 e. The highest BCUT2D eigenvalue weighted by Crippen LogP contribution is 2.33. The Morgan fingerprint density at radius 1 is 0.862 bits per heavy atom. The molecule has 2 aromatic heterocycles. The molecular formula is C22H16F3NOS2. The second kappa shape index (κ2) is 8.10. The van der Waals surface area contributed by atoms with Crippen LogP contribution in [0.15, 0.2) is 65.4 Å². The van der Waals surface area contributed by atoms with Crippen LogP contribution in [0.3, 0.4) is 0 Å². The first-order valence-electron chi connectivity index (χ1n) is 8.82. The maximum atomic E-state index is 12.8. The van der Waals surface area contributed by atoms with E-state index in [1.54, 1.807) is 11.3 Å². The van der Waals surface area contributed by atoms with Crippen LogP contribution in [0.25, 0.3) is 21.7 Å². The van der Waals surface area contributed by atoms with E-state index in [4.69, 9.17) is 0 Å². The van der Waals surface area contributed by atoms with Gasteiger partial charge in [-0.2, -0.15) is 24.5 Å². The van der Waals surface area contributed by atoms with Gasteiger partial charge in [0.25, 0.3) is 0 Å². The lowest BCUT2D eigenvalue weighted by molar-refractivity contribution is -0.137. The van der Waals surface area contributed by atoms with Crippen molar-refractivity contribution in [1.82, 2.24) is 4.98 Å². The number of halogens is 3. The Hall–Kier alpha value is -2.48. The van der Waals surface area contributed by atoms with Crippen molar-refractivity contribution in [1.29, 1.82) is 0 Å². The van der Waals surface area contributed by atoms with E-state index in [1.165, 1.54) is 29.0 Å². The fourth-order valence-corrected chi connectivity index (χ4v) is 4.62. The molecule has 2 heterocycles. The molecule has 29 heavy (non-hydrogen) atoms. The highest BCUT2D eigenvalue weighted by atomic mass is 32.1. The summed E-state index contributed by atoms with van der Waals surface area (Å²) in [5, 5.41) is 14.4. The molecule has 0 unspecified atom stereocenters. The van der Waals surface area contributed by atoms with E-state index >= 15 is 0 Å². The number of hydrogen-bond acceptors (Lipinski definition) is 4. The predicted octanol–water partition coefficient (Wildman–Crippen LogP) is 6.64. The summed E-state index contributed by atoms with van der Waals surface area (Å²) in [5.74, 6) is 0. The Labute approximate surface area is 173 Å². The first kappa shape index (κ1) is 19.8. The van der Waals surface area contributed by atoms with Gasteiger partial charge in [-0.1, -0.05) is 36.4 Å². The molecule has 1 N–H and O–H groups in total. The van der Waals surface area contributed by atoms with Gasteiger partial charge in [-0.25, -0.2) is 4.98 Å². The van der Waals surface area contributed by atoms with Gasteiger partial charge in [-0.15, -0.1) is 11.3 Å². The van der Waals surface area contributed by atoms with Crippen molar-refractivity contribution >= 4 is 22.7 Å². The van der Waals surface area contributed by atoms with E-state index in [-0.39, 0.29) is 6.61 Å². The number of aromatic nitrogens is 1. The molecule has 0 saturated carbocycles. The number of nitrogens with zero attached hydrogens (tertiary/aromatic N) is 1. The van der Waals surface area contributed by atoms with Gasteiger partial charge in [0.2, 0.25) is 0 Å². The average molecular weight is 432 g/mol. The normalized spacial score (nSPS) is 11.7. The quantitative estimate of drug-likeness (QED) is 0.384. The summed E-state index contributed by atoms with van der Waals surface area (Å²) in [6.45, 7) is -0.152. The first-order chi connectivity index (χ1) is 13.9. The molecular weight excluding hydrogens is 415 g/mol. The summed E-state index contributed by atoms with van der Waals surface area (Å²) >= 11 is 2.96. The number of benzene rings is 2. The number of hydrogen-bond donors (Lipinski definition) is 1. The molecule has 148 valence electrons. The smallest absolute Gasteiger partial charge is 0.391 e. The van der Waals surface area contributed by atoms with Gasteiger partial charge >= 0.3 is 6.18 Å². The SMILES string of the molecule is OCc1sc(-c2ccc(C(F)(F)F)cc2)nc1Cc1ccc(-c2ccsc2)cc1. The van der Waals surface area contributed by atoms with Crippen LogP contribution in [-0.2, 0) is 19.2 Å². The average Bonchev–Trinajstić information content (AvgIpc) is 3.38. The number of rotatable bonds is 5. The van der Waals surface area contributed by atoms with Crippen LogP contribution in [0.4, 0.5) is 13.2 Å². The summed E-state index contributed by atoms with van der Waals surface area (Å²) in [7, 11) is 0. The topological polar surface area (TPSA) is 33.1 Å². The van der Waals surface area contributed by atoms with Crippen LogP contribution in [0.5, 0.6) is 0 Å². The van der Waals surface area contributed by atoms with Crippen molar-refractivity contribution in [2.75, 3.05) is 0 Å². The van der Waals surface area contributed by atoms with E-state index < -0.39 is 11.7 Å². The van der Waals surface area contributed by atoms with Crippen molar-refractivity contribution in [3.8, 4) is 21.7 Å². The Bertz CT molecular complexity index is 1080. The third kappa shape index (κ3) is 4.42. The Balaban J connectivity index is 1.56. The summed E-state index contributed by atoms with van der Waals surface area (Å²) in [6.07, 6.45) is -3.81.